The molecule has 4 nitrogen and oxygen atoms in total. The highest BCUT2D eigenvalue weighted by Crippen LogP contribution is 2.19. The van der Waals surface area contributed by atoms with Gasteiger partial charge in [0, 0.05) is 6.42 Å². The Morgan fingerprint density at radius 3 is 0.682 bits per heavy atom. The van der Waals surface area contributed by atoms with Gasteiger partial charge >= 0.3 is 0 Å². The van der Waals surface area contributed by atoms with Crippen LogP contribution >= 0.6 is 0 Å². The van der Waals surface area contributed by atoms with Crippen LogP contribution in [0.4, 0.5) is 0 Å². The van der Waals surface area contributed by atoms with E-state index >= 15 is 0 Å². The predicted octanol–water partition coefficient (Wildman–Crippen LogP) is 20.7. The zero-order valence-electron chi connectivity index (χ0n) is 45.8. The van der Waals surface area contributed by atoms with Crippen LogP contribution in [0.2, 0.25) is 0 Å². The molecule has 0 heterocycles. The highest BCUT2D eigenvalue weighted by atomic mass is 16.3. The first-order valence-electron chi connectivity index (χ1n) is 31.2. The minimum absolute atomic E-state index is 0.0207. The van der Waals surface area contributed by atoms with Crippen LogP contribution in [-0.2, 0) is 4.79 Å². The number of amides is 1. The van der Waals surface area contributed by atoms with Crippen LogP contribution in [0, 0.1) is 0 Å². The SMILES string of the molecule is CCCCCCCCCCCCCCCCCCCCCCCCCCCCCCCCCCCC(=O)NC(CO)C(O)CCCCCCCCCCCCCCCCCCCCCCC. The van der Waals surface area contributed by atoms with Crippen molar-refractivity contribution in [3.8, 4) is 0 Å². The highest BCUT2D eigenvalue weighted by molar-refractivity contribution is 5.76. The van der Waals surface area contributed by atoms with E-state index < -0.39 is 12.1 Å². The first kappa shape index (κ1) is 65.4. The van der Waals surface area contributed by atoms with Gasteiger partial charge in [-0.1, -0.05) is 354 Å². The fourth-order valence-electron chi connectivity index (χ4n) is 10.4. The Kier molecular flexibility index (Phi) is 58.2. The van der Waals surface area contributed by atoms with Gasteiger partial charge in [-0.2, -0.15) is 0 Å². The molecule has 4 heteroatoms. The van der Waals surface area contributed by atoms with Gasteiger partial charge in [0.15, 0.2) is 0 Å². The van der Waals surface area contributed by atoms with Gasteiger partial charge < -0.3 is 15.5 Å². The van der Waals surface area contributed by atoms with Crippen molar-refractivity contribution in [1.29, 1.82) is 0 Å². The molecule has 0 aliphatic heterocycles. The van der Waals surface area contributed by atoms with E-state index in [1.165, 1.54) is 321 Å². The van der Waals surface area contributed by atoms with Crippen LogP contribution in [0.1, 0.15) is 373 Å². The van der Waals surface area contributed by atoms with Gasteiger partial charge in [-0.05, 0) is 12.8 Å². The van der Waals surface area contributed by atoms with Crippen LogP contribution in [0.3, 0.4) is 0 Å². The number of unbranched alkanes of at least 4 members (excludes halogenated alkanes) is 52. The minimum atomic E-state index is -0.655. The summed E-state index contributed by atoms with van der Waals surface area (Å²) in [6.45, 7) is 4.41. The second-order valence-electron chi connectivity index (χ2n) is 21.8. The van der Waals surface area contributed by atoms with E-state index in [-0.39, 0.29) is 12.5 Å². The minimum Gasteiger partial charge on any atom is -0.394 e. The van der Waals surface area contributed by atoms with Crippen molar-refractivity contribution in [1.82, 2.24) is 5.32 Å². The molecule has 0 rings (SSSR count). The van der Waals surface area contributed by atoms with Crippen LogP contribution in [0.5, 0.6) is 0 Å². The van der Waals surface area contributed by atoms with Crippen molar-refractivity contribution in [3.63, 3.8) is 0 Å². The van der Waals surface area contributed by atoms with E-state index in [9.17, 15) is 15.0 Å². The third-order valence-corrected chi connectivity index (χ3v) is 15.1. The molecule has 1 amide bonds. The number of rotatable bonds is 59. The number of aliphatic hydroxyl groups excluding tert-OH is 2. The Morgan fingerprint density at radius 1 is 0.303 bits per heavy atom. The van der Waals surface area contributed by atoms with E-state index in [1.807, 2.05) is 0 Å². The maximum atomic E-state index is 12.5. The first-order chi connectivity index (χ1) is 32.7. The molecule has 0 aromatic heterocycles. The largest absolute Gasteiger partial charge is 0.394 e. The van der Waals surface area contributed by atoms with Crippen LogP contribution in [0.25, 0.3) is 0 Å². The second kappa shape index (κ2) is 58.7. The molecule has 0 aromatic rings. The zero-order chi connectivity index (χ0) is 47.7. The summed E-state index contributed by atoms with van der Waals surface area (Å²) in [5.74, 6) is -0.0207. The molecule has 0 saturated heterocycles. The summed E-state index contributed by atoms with van der Waals surface area (Å²) < 4.78 is 0. The van der Waals surface area contributed by atoms with Gasteiger partial charge in [-0.3, -0.25) is 4.79 Å². The summed E-state index contributed by atoms with van der Waals surface area (Å²) in [6, 6.07) is -0.532. The number of hydrogen-bond donors (Lipinski definition) is 3. The zero-order valence-corrected chi connectivity index (χ0v) is 45.8. The smallest absolute Gasteiger partial charge is 0.220 e. The molecule has 0 fully saturated rings. The summed E-state index contributed by atoms with van der Waals surface area (Å²) in [6.07, 6.45) is 75.6. The molecule has 0 aliphatic carbocycles. The maximum Gasteiger partial charge on any atom is 0.220 e. The lowest BCUT2D eigenvalue weighted by atomic mass is 10.0. The number of aliphatic hydroxyl groups is 2. The van der Waals surface area contributed by atoms with Gasteiger partial charge in [-0.25, -0.2) is 0 Å². The van der Waals surface area contributed by atoms with Crippen LogP contribution in [-0.4, -0.2) is 34.9 Å². The highest BCUT2D eigenvalue weighted by Gasteiger charge is 2.20. The van der Waals surface area contributed by atoms with Crippen molar-refractivity contribution in [2.75, 3.05) is 6.61 Å². The molecule has 0 spiro atoms. The lowest BCUT2D eigenvalue weighted by Gasteiger charge is -2.22. The van der Waals surface area contributed by atoms with E-state index in [1.54, 1.807) is 0 Å². The van der Waals surface area contributed by atoms with E-state index in [4.69, 9.17) is 0 Å². The van der Waals surface area contributed by atoms with Gasteiger partial charge in [0.25, 0.3) is 0 Å². The quantitative estimate of drug-likeness (QED) is 0.0532. The third-order valence-electron chi connectivity index (χ3n) is 15.1. The van der Waals surface area contributed by atoms with E-state index in [0.717, 1.165) is 25.7 Å². The molecule has 0 radical (unpaired) electrons. The molecule has 66 heavy (non-hydrogen) atoms. The maximum absolute atomic E-state index is 12.5. The van der Waals surface area contributed by atoms with Crippen molar-refractivity contribution >= 4 is 5.91 Å². The summed E-state index contributed by atoms with van der Waals surface area (Å²) in [7, 11) is 0. The van der Waals surface area contributed by atoms with Gasteiger partial charge in [0.2, 0.25) is 5.91 Å². The Morgan fingerprint density at radius 2 is 0.485 bits per heavy atom. The molecule has 0 aromatic carbocycles. The predicted molar refractivity (Wildman–Crippen MR) is 295 cm³/mol. The van der Waals surface area contributed by atoms with Crippen molar-refractivity contribution in [2.24, 2.45) is 0 Å². The Hall–Kier alpha value is -0.610. The number of carbonyl (C=O) groups excluding carboxylic acids is 1. The Bertz CT molecular complexity index is 879. The fourth-order valence-corrected chi connectivity index (χ4v) is 10.4. The fraction of sp³-hybridized carbons (Fsp3) is 0.984. The first-order valence-corrected chi connectivity index (χ1v) is 31.2. The van der Waals surface area contributed by atoms with Gasteiger partial charge in [0.05, 0.1) is 18.8 Å². The Labute approximate surface area is 416 Å². The average molecular weight is 933 g/mol. The molecule has 2 unspecified atom stereocenters. The van der Waals surface area contributed by atoms with Crippen molar-refractivity contribution in [2.45, 2.75) is 386 Å². The molecule has 0 aliphatic rings. The molecule has 2 atom stereocenters. The average Bonchev–Trinajstić information content (AvgIpc) is 3.32. The normalized spacial score (nSPS) is 12.6. The third kappa shape index (κ3) is 54.3. The Balaban J connectivity index is 3.36. The summed E-state index contributed by atoms with van der Waals surface area (Å²) in [4.78, 5) is 12.5. The van der Waals surface area contributed by atoms with Gasteiger partial charge in [-0.15, -0.1) is 0 Å². The van der Waals surface area contributed by atoms with Crippen LogP contribution in [0.15, 0.2) is 0 Å². The second-order valence-corrected chi connectivity index (χ2v) is 21.8. The van der Waals surface area contributed by atoms with Gasteiger partial charge in [0.1, 0.15) is 0 Å². The topological polar surface area (TPSA) is 69.6 Å². The van der Waals surface area contributed by atoms with E-state index in [0.29, 0.717) is 12.8 Å². The molecule has 3 N–H and O–H groups in total. The summed E-state index contributed by atoms with van der Waals surface area (Å²) in [5.41, 5.74) is 0. The summed E-state index contributed by atoms with van der Waals surface area (Å²) >= 11 is 0. The van der Waals surface area contributed by atoms with Crippen molar-refractivity contribution < 1.29 is 15.0 Å². The lowest BCUT2D eigenvalue weighted by Crippen LogP contribution is -2.45. The van der Waals surface area contributed by atoms with Crippen LogP contribution < -0.4 is 5.32 Å². The molecule has 396 valence electrons. The number of nitrogens with one attached hydrogen (secondary N) is 1. The molecular weight excluding hydrogens is 807 g/mol. The molecular formula is C62H125NO3. The van der Waals surface area contributed by atoms with Crippen molar-refractivity contribution in [3.05, 3.63) is 0 Å². The standard InChI is InChI=1S/C62H125NO3/c1-3-5-7-9-11-13-15-17-19-21-23-25-26-27-28-29-30-31-32-33-34-35-36-38-40-42-44-46-48-50-52-54-56-58-62(66)63-60(59-64)61(65)57-55-53-51-49-47-45-43-41-39-37-24-22-20-18-16-14-12-10-8-6-4-2/h60-61,64-65H,3-59H2,1-2H3,(H,63,66). The molecule has 0 saturated carbocycles. The lowest BCUT2D eigenvalue weighted by molar-refractivity contribution is -0.123. The summed E-state index contributed by atoms with van der Waals surface area (Å²) in [5, 5.41) is 23.4. The number of carbonyl (C=O) groups is 1. The van der Waals surface area contributed by atoms with E-state index in [2.05, 4.69) is 19.2 Å². The monoisotopic (exact) mass is 932 g/mol. The number of hydrogen-bond acceptors (Lipinski definition) is 3. The molecule has 0 bridgehead atoms.